The summed E-state index contributed by atoms with van der Waals surface area (Å²) >= 11 is 0. The number of aryl methyl sites for hydroxylation is 1. The highest BCUT2D eigenvalue weighted by Crippen LogP contribution is 2.49. The van der Waals surface area contributed by atoms with Crippen molar-refractivity contribution >= 4 is 17.6 Å². The monoisotopic (exact) mass is 336 g/mol. The Balaban J connectivity index is 1.59. The van der Waals surface area contributed by atoms with Crippen LogP contribution in [0.3, 0.4) is 0 Å². The van der Waals surface area contributed by atoms with Gasteiger partial charge < -0.3 is 0 Å². The summed E-state index contributed by atoms with van der Waals surface area (Å²) in [5, 5.41) is 0. The van der Waals surface area contributed by atoms with Crippen LogP contribution in [-0.2, 0) is 22.4 Å². The Bertz CT molecular complexity index is 784. The molecule has 0 heterocycles. The number of hydrogen-bond donors (Lipinski definition) is 0. The van der Waals surface area contributed by atoms with Gasteiger partial charge in [0.1, 0.15) is 11.6 Å². The molecule has 1 aliphatic rings. The Labute approximate surface area is 147 Å². The maximum Gasteiger partial charge on any atom is 0.150 e. The van der Waals surface area contributed by atoms with Crippen molar-refractivity contribution in [2.24, 2.45) is 5.41 Å². The van der Waals surface area contributed by atoms with Crippen LogP contribution in [0.5, 0.6) is 0 Å². The first-order chi connectivity index (χ1) is 12.0. The molecule has 0 radical (unpaired) electrons. The molecule has 1 saturated carbocycles. The van der Waals surface area contributed by atoms with Crippen molar-refractivity contribution in [3.63, 3.8) is 0 Å². The van der Waals surface area contributed by atoms with E-state index in [2.05, 4.69) is 6.58 Å². The zero-order chi connectivity index (χ0) is 17.9. The molecule has 0 aromatic heterocycles. The van der Waals surface area contributed by atoms with E-state index in [1.807, 2.05) is 24.3 Å². The fourth-order valence-electron chi connectivity index (χ4n) is 3.11. The van der Waals surface area contributed by atoms with E-state index in [1.165, 1.54) is 12.1 Å². The van der Waals surface area contributed by atoms with Gasteiger partial charge in [-0.2, -0.15) is 0 Å². The Hall–Kier alpha value is -2.55. The van der Waals surface area contributed by atoms with Gasteiger partial charge in [0.2, 0.25) is 0 Å². The second kappa shape index (κ2) is 7.14. The Morgan fingerprint density at radius 1 is 0.960 bits per heavy atom. The van der Waals surface area contributed by atoms with Gasteiger partial charge in [0, 0.05) is 12.8 Å². The molecule has 0 saturated heterocycles. The van der Waals surface area contributed by atoms with Crippen LogP contribution >= 0.6 is 0 Å². The molecule has 1 fully saturated rings. The number of Topliss-reactive ketones (excluding diaryl/α,β-unsaturated/α-hetero) is 2. The summed E-state index contributed by atoms with van der Waals surface area (Å²) in [6.07, 6.45) is 4.27. The number of benzene rings is 2. The molecule has 0 spiro atoms. The molecule has 128 valence electrons. The van der Waals surface area contributed by atoms with E-state index in [9.17, 15) is 14.0 Å². The van der Waals surface area contributed by atoms with E-state index < -0.39 is 5.41 Å². The standard InChI is InChI=1S/C22H21FO2/c1-2-16-3-5-17(6-4-16)9-12-20(24)22(13-14-22)21(25)15-18-7-10-19(23)11-8-18/h2-8,10-11H,1,9,12-15H2. The molecular formula is C22H21FO2. The summed E-state index contributed by atoms with van der Waals surface area (Å²) in [7, 11) is 0. The van der Waals surface area contributed by atoms with Gasteiger partial charge in [-0.05, 0) is 48.1 Å². The minimum absolute atomic E-state index is 0.0346. The smallest absolute Gasteiger partial charge is 0.150 e. The highest BCUT2D eigenvalue weighted by Gasteiger charge is 2.54. The molecule has 3 rings (SSSR count). The second-order valence-electron chi connectivity index (χ2n) is 6.68. The minimum atomic E-state index is -0.796. The van der Waals surface area contributed by atoms with Crippen molar-refractivity contribution in [2.75, 3.05) is 0 Å². The third-order valence-electron chi connectivity index (χ3n) is 4.95. The molecular weight excluding hydrogens is 315 g/mol. The van der Waals surface area contributed by atoms with Crippen LogP contribution in [0.2, 0.25) is 0 Å². The number of halogens is 1. The Morgan fingerprint density at radius 2 is 1.56 bits per heavy atom. The van der Waals surface area contributed by atoms with E-state index in [0.717, 1.165) is 16.7 Å². The predicted molar refractivity (Wildman–Crippen MR) is 96.6 cm³/mol. The number of rotatable bonds is 8. The van der Waals surface area contributed by atoms with E-state index >= 15 is 0 Å². The maximum atomic E-state index is 13.0. The molecule has 0 amide bonds. The largest absolute Gasteiger partial charge is 0.299 e. The molecule has 2 aromatic carbocycles. The zero-order valence-corrected chi connectivity index (χ0v) is 14.1. The van der Waals surface area contributed by atoms with Gasteiger partial charge in [-0.1, -0.05) is 49.1 Å². The van der Waals surface area contributed by atoms with Gasteiger partial charge in [-0.15, -0.1) is 0 Å². The summed E-state index contributed by atoms with van der Waals surface area (Å²) in [5.41, 5.74) is 2.09. The van der Waals surface area contributed by atoms with Crippen LogP contribution in [0.15, 0.2) is 55.1 Å². The summed E-state index contributed by atoms with van der Waals surface area (Å²) in [5.74, 6) is -0.325. The van der Waals surface area contributed by atoms with Crippen molar-refractivity contribution in [2.45, 2.75) is 32.1 Å². The van der Waals surface area contributed by atoms with Crippen LogP contribution in [0, 0.1) is 11.2 Å². The Kier molecular flexibility index (Phi) is 4.93. The SMILES string of the molecule is C=Cc1ccc(CCC(=O)C2(C(=O)Cc3ccc(F)cc3)CC2)cc1. The summed E-state index contributed by atoms with van der Waals surface area (Å²) in [6, 6.07) is 13.8. The van der Waals surface area contributed by atoms with Gasteiger partial charge >= 0.3 is 0 Å². The van der Waals surface area contributed by atoms with Crippen molar-refractivity contribution in [1.29, 1.82) is 0 Å². The van der Waals surface area contributed by atoms with Crippen molar-refractivity contribution in [3.8, 4) is 0 Å². The molecule has 0 aliphatic heterocycles. The zero-order valence-electron chi connectivity index (χ0n) is 14.1. The maximum absolute atomic E-state index is 13.0. The molecule has 1 aliphatic carbocycles. The first-order valence-electron chi connectivity index (χ1n) is 8.56. The molecule has 0 N–H and O–H groups in total. The van der Waals surface area contributed by atoms with Crippen molar-refractivity contribution < 1.29 is 14.0 Å². The molecule has 0 unspecified atom stereocenters. The van der Waals surface area contributed by atoms with Crippen LogP contribution in [0.1, 0.15) is 36.0 Å². The number of carbonyl (C=O) groups is 2. The first kappa shape index (κ1) is 17.3. The summed E-state index contributed by atoms with van der Waals surface area (Å²) in [4.78, 5) is 25.2. The average Bonchev–Trinajstić information content (AvgIpc) is 3.44. The lowest BCUT2D eigenvalue weighted by atomic mass is 9.88. The van der Waals surface area contributed by atoms with Crippen molar-refractivity contribution in [3.05, 3.63) is 77.6 Å². The van der Waals surface area contributed by atoms with Gasteiger partial charge in [0.15, 0.2) is 5.78 Å². The summed E-state index contributed by atoms with van der Waals surface area (Å²) < 4.78 is 13.0. The second-order valence-corrected chi connectivity index (χ2v) is 6.68. The lowest BCUT2D eigenvalue weighted by Gasteiger charge is -2.13. The van der Waals surface area contributed by atoms with Gasteiger partial charge in [-0.25, -0.2) is 4.39 Å². The van der Waals surface area contributed by atoms with E-state index in [4.69, 9.17) is 0 Å². The molecule has 25 heavy (non-hydrogen) atoms. The fraction of sp³-hybridized carbons (Fsp3) is 0.273. The number of ketones is 2. The molecule has 2 aromatic rings. The summed E-state index contributed by atoms with van der Waals surface area (Å²) in [6.45, 7) is 3.72. The van der Waals surface area contributed by atoms with E-state index in [-0.39, 0.29) is 23.8 Å². The minimum Gasteiger partial charge on any atom is -0.299 e. The lowest BCUT2D eigenvalue weighted by Crippen LogP contribution is -2.27. The Morgan fingerprint density at radius 3 is 2.12 bits per heavy atom. The topological polar surface area (TPSA) is 34.1 Å². The predicted octanol–water partition coefficient (Wildman–Crippen LogP) is 4.56. The number of hydrogen-bond acceptors (Lipinski definition) is 2. The quantitative estimate of drug-likeness (QED) is 0.662. The van der Waals surface area contributed by atoms with Gasteiger partial charge in [-0.3, -0.25) is 9.59 Å². The molecule has 2 nitrogen and oxygen atoms in total. The molecule has 0 atom stereocenters. The normalized spacial score (nSPS) is 14.8. The number of carbonyl (C=O) groups excluding carboxylic acids is 2. The molecule has 0 bridgehead atoms. The first-order valence-corrected chi connectivity index (χ1v) is 8.56. The average molecular weight is 336 g/mol. The van der Waals surface area contributed by atoms with Crippen molar-refractivity contribution in [1.82, 2.24) is 0 Å². The van der Waals surface area contributed by atoms with Crippen LogP contribution in [-0.4, -0.2) is 11.6 Å². The third-order valence-corrected chi connectivity index (χ3v) is 4.95. The van der Waals surface area contributed by atoms with Gasteiger partial charge in [0.05, 0.1) is 5.41 Å². The highest BCUT2D eigenvalue weighted by atomic mass is 19.1. The highest BCUT2D eigenvalue weighted by molar-refractivity contribution is 6.10. The lowest BCUT2D eigenvalue weighted by molar-refractivity contribution is -0.134. The van der Waals surface area contributed by atoms with Crippen LogP contribution < -0.4 is 0 Å². The van der Waals surface area contributed by atoms with Gasteiger partial charge in [0.25, 0.3) is 0 Å². The molecule has 3 heteroatoms. The van der Waals surface area contributed by atoms with Crippen LogP contribution in [0.4, 0.5) is 4.39 Å². The third kappa shape index (κ3) is 3.93. The van der Waals surface area contributed by atoms with Crippen LogP contribution in [0.25, 0.3) is 6.08 Å². The van der Waals surface area contributed by atoms with E-state index in [1.54, 1.807) is 18.2 Å². The van der Waals surface area contributed by atoms with E-state index in [0.29, 0.717) is 25.7 Å². The fourth-order valence-corrected chi connectivity index (χ4v) is 3.11.